The zero-order chi connectivity index (χ0) is 28.8. The first-order valence-corrected chi connectivity index (χ1v) is 15.1. The standard InChI is InChI=1S/C34H43N5O2/c1-23-16-30(41-4)28(27-10-12-36-31(23)27)21-39-15-11-34(17-24(18-34)20-35)19-29(39)25-6-8-26(9-7-25)32(40)37-33(2,3)22-38-13-5-14-38/h6-10,12,16,24,29,36H,5,11,13-15,17-19,21-22H2,1-4H3,(H,37,40)/t24?,29-,34?/m0/s1. The Morgan fingerprint density at radius 2 is 1.93 bits per heavy atom. The number of nitrogens with one attached hydrogen (secondary N) is 2. The molecule has 3 aromatic rings. The van der Waals surface area contributed by atoms with Gasteiger partial charge >= 0.3 is 0 Å². The highest BCUT2D eigenvalue weighted by Gasteiger charge is 2.49. The minimum atomic E-state index is -0.277. The number of ether oxygens (including phenoxy) is 1. The summed E-state index contributed by atoms with van der Waals surface area (Å²) in [5.74, 6) is 1.09. The van der Waals surface area contributed by atoms with Crippen molar-refractivity contribution < 1.29 is 9.53 Å². The number of rotatable bonds is 8. The average Bonchev–Trinajstić information content (AvgIpc) is 3.42. The van der Waals surface area contributed by atoms with Crippen LogP contribution in [0.4, 0.5) is 0 Å². The number of hydrogen-bond acceptors (Lipinski definition) is 5. The molecule has 1 spiro atoms. The smallest absolute Gasteiger partial charge is 0.251 e. The van der Waals surface area contributed by atoms with E-state index in [9.17, 15) is 10.1 Å². The number of carbonyl (C=O) groups excluding carboxylic acids is 1. The number of aromatic nitrogens is 1. The highest BCUT2D eigenvalue weighted by atomic mass is 16.5. The van der Waals surface area contributed by atoms with E-state index >= 15 is 0 Å². The number of piperidine rings is 1. The van der Waals surface area contributed by atoms with Gasteiger partial charge in [-0.15, -0.1) is 0 Å². The number of carbonyl (C=O) groups is 1. The first-order chi connectivity index (χ1) is 19.7. The monoisotopic (exact) mass is 553 g/mol. The van der Waals surface area contributed by atoms with Crippen LogP contribution in [0.1, 0.15) is 79.0 Å². The summed E-state index contributed by atoms with van der Waals surface area (Å²) in [4.78, 5) is 21.6. The summed E-state index contributed by atoms with van der Waals surface area (Å²) in [6.45, 7) is 11.2. The van der Waals surface area contributed by atoms with Gasteiger partial charge in [0.25, 0.3) is 5.91 Å². The number of aromatic amines is 1. The molecule has 3 aliphatic rings. The van der Waals surface area contributed by atoms with Crippen LogP contribution >= 0.6 is 0 Å². The Bertz CT molecular complexity index is 1460. The summed E-state index contributed by atoms with van der Waals surface area (Å²) in [5, 5.41) is 14.0. The lowest BCUT2D eigenvalue weighted by molar-refractivity contribution is -0.0298. The fourth-order valence-electron chi connectivity index (χ4n) is 7.50. The second-order valence-corrected chi connectivity index (χ2v) is 13.4. The van der Waals surface area contributed by atoms with E-state index in [0.717, 1.165) is 69.7 Å². The summed E-state index contributed by atoms with van der Waals surface area (Å²) >= 11 is 0. The fourth-order valence-corrected chi connectivity index (χ4v) is 7.50. The molecule has 1 amide bonds. The van der Waals surface area contributed by atoms with Crippen LogP contribution in [0.15, 0.2) is 42.6 Å². The third-order valence-corrected chi connectivity index (χ3v) is 9.81. The van der Waals surface area contributed by atoms with Crippen molar-refractivity contribution >= 4 is 16.8 Å². The van der Waals surface area contributed by atoms with E-state index in [1.165, 1.54) is 28.5 Å². The van der Waals surface area contributed by atoms with Gasteiger partial charge in [0.2, 0.25) is 0 Å². The molecule has 0 bridgehead atoms. The third-order valence-electron chi connectivity index (χ3n) is 9.81. The van der Waals surface area contributed by atoms with Crippen molar-refractivity contribution in [2.24, 2.45) is 11.3 Å². The van der Waals surface area contributed by atoms with E-state index in [4.69, 9.17) is 4.74 Å². The Labute approximate surface area is 243 Å². The molecular weight excluding hydrogens is 510 g/mol. The second-order valence-electron chi connectivity index (χ2n) is 13.4. The number of benzene rings is 2. The van der Waals surface area contributed by atoms with Crippen molar-refractivity contribution in [2.75, 3.05) is 33.3 Å². The number of nitriles is 1. The Balaban J connectivity index is 1.25. The Kier molecular flexibility index (Phi) is 7.33. The van der Waals surface area contributed by atoms with E-state index in [-0.39, 0.29) is 28.8 Å². The number of aryl methyl sites for hydroxylation is 1. The number of hydrogen-bond donors (Lipinski definition) is 2. The van der Waals surface area contributed by atoms with Gasteiger partial charge in [-0.05, 0) is 113 Å². The maximum atomic E-state index is 13.2. The molecule has 0 unspecified atom stereocenters. The molecule has 2 aromatic carbocycles. The quantitative estimate of drug-likeness (QED) is 0.360. The van der Waals surface area contributed by atoms with Gasteiger partial charge in [0.05, 0.1) is 13.2 Å². The summed E-state index contributed by atoms with van der Waals surface area (Å²) in [5.41, 5.74) is 5.44. The minimum absolute atomic E-state index is 0.0193. The van der Waals surface area contributed by atoms with E-state index in [2.05, 4.69) is 71.2 Å². The molecule has 1 saturated carbocycles. The molecule has 2 aliphatic heterocycles. The van der Waals surface area contributed by atoms with Crippen LogP contribution in [0, 0.1) is 29.6 Å². The van der Waals surface area contributed by atoms with Crippen LogP contribution < -0.4 is 10.1 Å². The van der Waals surface area contributed by atoms with E-state index in [1.54, 1.807) is 7.11 Å². The van der Waals surface area contributed by atoms with E-state index in [1.807, 2.05) is 18.3 Å². The molecule has 6 rings (SSSR count). The van der Waals surface area contributed by atoms with Crippen molar-refractivity contribution in [1.29, 1.82) is 5.26 Å². The van der Waals surface area contributed by atoms with E-state index in [0.29, 0.717) is 5.56 Å². The lowest BCUT2D eigenvalue weighted by atomic mass is 9.56. The normalized spacial score (nSPS) is 25.0. The SMILES string of the molecule is COc1cc(C)c2[nH]ccc2c1CN1CCC2(CC(C#N)C2)C[C@H]1c1ccc(C(=O)NC(C)(C)CN2CCC2)cc1. The maximum absolute atomic E-state index is 13.2. The van der Waals surface area contributed by atoms with Crippen LogP contribution in [0.5, 0.6) is 5.75 Å². The molecule has 0 radical (unpaired) electrons. The molecule has 1 aliphatic carbocycles. The van der Waals surface area contributed by atoms with Gasteiger partial charge in [-0.2, -0.15) is 5.26 Å². The van der Waals surface area contributed by atoms with Crippen LogP contribution in [0.2, 0.25) is 0 Å². The second kappa shape index (κ2) is 10.8. The molecule has 216 valence electrons. The van der Waals surface area contributed by atoms with Crippen molar-refractivity contribution in [1.82, 2.24) is 20.1 Å². The van der Waals surface area contributed by atoms with Gasteiger partial charge in [-0.25, -0.2) is 0 Å². The average molecular weight is 554 g/mol. The van der Waals surface area contributed by atoms with Gasteiger partial charge in [0.1, 0.15) is 5.75 Å². The lowest BCUT2D eigenvalue weighted by Gasteiger charge is -2.53. The van der Waals surface area contributed by atoms with Gasteiger partial charge in [0, 0.05) is 58.8 Å². The fraction of sp³-hybridized carbons (Fsp3) is 0.529. The van der Waals surface area contributed by atoms with Gasteiger partial charge < -0.3 is 19.9 Å². The Hall–Kier alpha value is -3.34. The molecule has 3 heterocycles. The van der Waals surface area contributed by atoms with Crippen molar-refractivity contribution in [3.05, 3.63) is 64.8 Å². The van der Waals surface area contributed by atoms with Crippen LogP contribution in [0.25, 0.3) is 10.9 Å². The van der Waals surface area contributed by atoms with Crippen LogP contribution in [0.3, 0.4) is 0 Å². The maximum Gasteiger partial charge on any atom is 0.251 e. The van der Waals surface area contributed by atoms with Crippen LogP contribution in [-0.4, -0.2) is 59.5 Å². The van der Waals surface area contributed by atoms with Crippen molar-refractivity contribution in [3.8, 4) is 11.8 Å². The van der Waals surface area contributed by atoms with Gasteiger partial charge in [0.15, 0.2) is 0 Å². The van der Waals surface area contributed by atoms with Crippen molar-refractivity contribution in [2.45, 2.75) is 71.0 Å². The molecule has 1 atom stereocenters. The largest absolute Gasteiger partial charge is 0.496 e. The summed E-state index contributed by atoms with van der Waals surface area (Å²) < 4.78 is 5.88. The highest BCUT2D eigenvalue weighted by molar-refractivity contribution is 5.94. The molecule has 3 fully saturated rings. The van der Waals surface area contributed by atoms with Gasteiger partial charge in [-0.3, -0.25) is 9.69 Å². The zero-order valence-electron chi connectivity index (χ0n) is 24.9. The lowest BCUT2D eigenvalue weighted by Crippen LogP contribution is -2.54. The number of methoxy groups -OCH3 is 1. The first kappa shape index (κ1) is 27.8. The number of amides is 1. The molecule has 2 saturated heterocycles. The zero-order valence-corrected chi connectivity index (χ0v) is 24.9. The Morgan fingerprint density at radius 1 is 1.17 bits per heavy atom. The topological polar surface area (TPSA) is 84.4 Å². The molecule has 2 N–H and O–H groups in total. The number of nitrogens with zero attached hydrogens (tertiary/aromatic N) is 3. The molecule has 41 heavy (non-hydrogen) atoms. The summed E-state index contributed by atoms with van der Waals surface area (Å²) in [6, 6.07) is 15.3. The van der Waals surface area contributed by atoms with E-state index < -0.39 is 0 Å². The third kappa shape index (κ3) is 5.48. The minimum Gasteiger partial charge on any atom is -0.496 e. The number of likely N-dealkylation sites (tertiary alicyclic amines) is 2. The Morgan fingerprint density at radius 3 is 2.59 bits per heavy atom. The highest BCUT2D eigenvalue weighted by Crippen LogP contribution is 2.56. The molecule has 1 aromatic heterocycles. The van der Waals surface area contributed by atoms with Gasteiger partial charge in [-0.1, -0.05) is 12.1 Å². The van der Waals surface area contributed by atoms with Crippen molar-refractivity contribution in [3.63, 3.8) is 0 Å². The molecule has 7 nitrogen and oxygen atoms in total. The first-order valence-electron chi connectivity index (χ1n) is 15.1. The summed E-state index contributed by atoms with van der Waals surface area (Å²) in [6.07, 6.45) is 7.39. The van der Waals surface area contributed by atoms with Crippen LogP contribution in [-0.2, 0) is 6.54 Å². The predicted octanol–water partition coefficient (Wildman–Crippen LogP) is 5.96. The molecule has 7 heteroatoms. The predicted molar refractivity (Wildman–Crippen MR) is 162 cm³/mol. The molecular formula is C34H43N5O2. The summed E-state index contributed by atoms with van der Waals surface area (Å²) in [7, 11) is 1.75. The number of fused-ring (bicyclic) bond motifs is 1. The number of H-pyrrole nitrogens is 1.